The predicted octanol–water partition coefficient (Wildman–Crippen LogP) is 22.3. The second-order valence-corrected chi connectivity index (χ2v) is 23.9. The number of hydrogen-bond donors (Lipinski definition) is 3. The molecule has 6 nitrogen and oxygen atoms in total. The van der Waals surface area contributed by atoms with Crippen molar-refractivity contribution in [2.75, 3.05) is 13.2 Å². The van der Waals surface area contributed by atoms with Gasteiger partial charge < -0.3 is 20.3 Å². The van der Waals surface area contributed by atoms with Crippen LogP contribution in [0, 0.1) is 0 Å². The molecule has 454 valence electrons. The summed E-state index contributed by atoms with van der Waals surface area (Å²) in [4.78, 5) is 24.5. The number of unbranched alkanes of at least 4 members (excludes halogenated alkanes) is 50. The number of allylic oxidation sites excluding steroid dienone is 5. The lowest BCUT2D eigenvalue weighted by Gasteiger charge is -2.20. The average Bonchev–Trinajstić information content (AvgIpc) is 3.43. The van der Waals surface area contributed by atoms with Gasteiger partial charge in [0.2, 0.25) is 5.91 Å². The van der Waals surface area contributed by atoms with E-state index in [1.807, 2.05) is 6.08 Å². The Balaban J connectivity index is 3.35. The van der Waals surface area contributed by atoms with Gasteiger partial charge in [-0.15, -0.1) is 0 Å². The molecule has 0 aromatic rings. The summed E-state index contributed by atoms with van der Waals surface area (Å²) >= 11 is 0. The highest BCUT2D eigenvalue weighted by Gasteiger charge is 2.18. The Labute approximate surface area is 481 Å². The number of aliphatic hydroxyl groups excluding tert-OH is 2. The SMILES string of the molecule is CCCCC/C=C\C/C=C\CCCCCCCC(=O)OCCCCCCCCCCCCCCCCCCCCCCCCCCCCCCCCC(=O)NC(CO)C(O)/C=C/CCCCCCCCCCCCCCC. The minimum Gasteiger partial charge on any atom is -0.466 e. The molecule has 0 heterocycles. The lowest BCUT2D eigenvalue weighted by molar-refractivity contribution is -0.143. The molecule has 0 radical (unpaired) electrons. The summed E-state index contributed by atoms with van der Waals surface area (Å²) in [7, 11) is 0. The second-order valence-electron chi connectivity index (χ2n) is 23.9. The Morgan fingerprint density at radius 1 is 0.364 bits per heavy atom. The molecule has 0 aromatic carbocycles. The molecular weight excluding hydrogens is 947 g/mol. The number of amides is 1. The van der Waals surface area contributed by atoms with Crippen molar-refractivity contribution in [2.24, 2.45) is 0 Å². The van der Waals surface area contributed by atoms with Crippen molar-refractivity contribution in [1.82, 2.24) is 5.32 Å². The zero-order valence-electron chi connectivity index (χ0n) is 52.0. The summed E-state index contributed by atoms with van der Waals surface area (Å²) in [5, 5.41) is 23.2. The molecular formula is C71H135NO5. The van der Waals surface area contributed by atoms with Crippen molar-refractivity contribution in [3.05, 3.63) is 36.5 Å². The molecule has 77 heavy (non-hydrogen) atoms. The van der Waals surface area contributed by atoms with Crippen LogP contribution in [-0.2, 0) is 14.3 Å². The van der Waals surface area contributed by atoms with Gasteiger partial charge in [-0.25, -0.2) is 0 Å². The number of nitrogens with one attached hydrogen (secondary N) is 1. The normalized spacial score (nSPS) is 12.7. The van der Waals surface area contributed by atoms with E-state index in [1.165, 1.54) is 302 Å². The van der Waals surface area contributed by atoms with Crippen LogP contribution >= 0.6 is 0 Å². The number of rotatable bonds is 65. The van der Waals surface area contributed by atoms with Crippen LogP contribution in [0.1, 0.15) is 380 Å². The van der Waals surface area contributed by atoms with Gasteiger partial charge in [0.1, 0.15) is 0 Å². The molecule has 0 aliphatic rings. The number of hydrogen-bond acceptors (Lipinski definition) is 5. The van der Waals surface area contributed by atoms with E-state index in [-0.39, 0.29) is 18.5 Å². The van der Waals surface area contributed by atoms with Gasteiger partial charge in [0.25, 0.3) is 0 Å². The predicted molar refractivity (Wildman–Crippen MR) is 338 cm³/mol. The third kappa shape index (κ3) is 63.1. The van der Waals surface area contributed by atoms with Crippen molar-refractivity contribution in [3.8, 4) is 0 Å². The van der Waals surface area contributed by atoms with Crippen LogP contribution in [0.2, 0.25) is 0 Å². The fraction of sp³-hybridized carbons (Fsp3) is 0.887. The molecule has 1 amide bonds. The van der Waals surface area contributed by atoms with E-state index in [1.54, 1.807) is 6.08 Å². The van der Waals surface area contributed by atoms with Gasteiger partial charge >= 0.3 is 5.97 Å². The molecule has 2 unspecified atom stereocenters. The van der Waals surface area contributed by atoms with Crippen molar-refractivity contribution in [2.45, 2.75) is 392 Å². The molecule has 0 bridgehead atoms. The summed E-state index contributed by atoms with van der Waals surface area (Å²) in [5.74, 6) is -0.0561. The maximum absolute atomic E-state index is 12.5. The Morgan fingerprint density at radius 3 is 1.01 bits per heavy atom. The Kier molecular flexibility index (Phi) is 64.9. The summed E-state index contributed by atoms with van der Waals surface area (Å²) in [6.07, 6.45) is 85.1. The molecule has 0 aliphatic heterocycles. The highest BCUT2D eigenvalue weighted by Crippen LogP contribution is 2.19. The Morgan fingerprint density at radius 2 is 0.649 bits per heavy atom. The van der Waals surface area contributed by atoms with Crippen LogP contribution in [-0.4, -0.2) is 47.4 Å². The smallest absolute Gasteiger partial charge is 0.305 e. The van der Waals surface area contributed by atoms with Gasteiger partial charge in [0, 0.05) is 12.8 Å². The van der Waals surface area contributed by atoms with Crippen molar-refractivity contribution in [3.63, 3.8) is 0 Å². The van der Waals surface area contributed by atoms with E-state index < -0.39 is 12.1 Å². The fourth-order valence-electron chi connectivity index (χ4n) is 10.8. The minimum atomic E-state index is -0.841. The third-order valence-corrected chi connectivity index (χ3v) is 16.2. The largest absolute Gasteiger partial charge is 0.466 e. The maximum atomic E-state index is 12.5. The summed E-state index contributed by atoms with van der Waals surface area (Å²) in [5.41, 5.74) is 0. The monoisotopic (exact) mass is 1080 g/mol. The van der Waals surface area contributed by atoms with Crippen LogP contribution in [0.4, 0.5) is 0 Å². The van der Waals surface area contributed by atoms with Gasteiger partial charge in [-0.3, -0.25) is 9.59 Å². The van der Waals surface area contributed by atoms with Crippen molar-refractivity contribution < 1.29 is 24.5 Å². The van der Waals surface area contributed by atoms with E-state index in [0.717, 1.165) is 51.4 Å². The Hall–Kier alpha value is -1.92. The van der Waals surface area contributed by atoms with Crippen LogP contribution in [0.25, 0.3) is 0 Å². The van der Waals surface area contributed by atoms with Gasteiger partial charge in [-0.05, 0) is 64.2 Å². The number of ether oxygens (including phenoxy) is 1. The third-order valence-electron chi connectivity index (χ3n) is 16.2. The molecule has 0 saturated heterocycles. The highest BCUT2D eigenvalue weighted by atomic mass is 16.5. The number of aliphatic hydroxyl groups is 2. The quantitative estimate of drug-likeness (QED) is 0.0320. The lowest BCUT2D eigenvalue weighted by Crippen LogP contribution is -2.45. The first-order valence-electron chi connectivity index (χ1n) is 34.8. The summed E-state index contributed by atoms with van der Waals surface area (Å²) in [6.45, 7) is 4.90. The first-order valence-corrected chi connectivity index (χ1v) is 34.8. The molecule has 2 atom stereocenters. The first kappa shape index (κ1) is 75.1. The summed E-state index contributed by atoms with van der Waals surface area (Å²) in [6, 6.07) is -0.625. The second kappa shape index (κ2) is 66.6. The molecule has 0 aromatic heterocycles. The topological polar surface area (TPSA) is 95.9 Å². The van der Waals surface area contributed by atoms with Gasteiger partial charge in [0.15, 0.2) is 0 Å². The number of carbonyl (C=O) groups excluding carboxylic acids is 2. The van der Waals surface area contributed by atoms with Gasteiger partial charge in [0.05, 0.1) is 25.4 Å². The average molecular weight is 1080 g/mol. The maximum Gasteiger partial charge on any atom is 0.305 e. The fourth-order valence-corrected chi connectivity index (χ4v) is 10.8. The highest BCUT2D eigenvalue weighted by molar-refractivity contribution is 5.76. The zero-order chi connectivity index (χ0) is 55.7. The number of carbonyl (C=O) groups is 2. The van der Waals surface area contributed by atoms with E-state index in [4.69, 9.17) is 4.74 Å². The molecule has 6 heteroatoms. The molecule has 0 rings (SSSR count). The lowest BCUT2D eigenvalue weighted by atomic mass is 10.0. The van der Waals surface area contributed by atoms with E-state index >= 15 is 0 Å². The Bertz CT molecular complexity index is 1250. The van der Waals surface area contributed by atoms with Gasteiger partial charge in [-0.2, -0.15) is 0 Å². The van der Waals surface area contributed by atoms with E-state index in [2.05, 4.69) is 43.5 Å². The summed E-state index contributed by atoms with van der Waals surface area (Å²) < 4.78 is 5.49. The minimum absolute atomic E-state index is 0.00598. The van der Waals surface area contributed by atoms with Gasteiger partial charge in [-0.1, -0.05) is 339 Å². The van der Waals surface area contributed by atoms with E-state index in [9.17, 15) is 19.8 Å². The van der Waals surface area contributed by atoms with Crippen LogP contribution < -0.4 is 5.32 Å². The molecule has 0 fully saturated rings. The molecule has 0 saturated carbocycles. The van der Waals surface area contributed by atoms with E-state index in [0.29, 0.717) is 19.4 Å². The molecule has 0 spiro atoms. The number of esters is 1. The first-order chi connectivity index (χ1) is 38.0. The standard InChI is InChI=1S/C71H135NO5/c1-3-5-7-9-11-13-15-17-35-39-43-47-51-55-59-63-69(74)68(67-73)72-70(75)64-60-56-52-48-44-40-37-33-31-29-27-25-23-21-19-20-22-24-26-28-30-32-34-38-42-46-50-54-58-62-66-77-71(76)65-61-57-53-49-45-41-36-18-16-14-12-10-8-6-4-2/h12,14,18,36,59,63,68-69,73-74H,3-11,13,15-17,19-35,37-58,60-62,64-67H2,1-2H3,(H,72,75)/b14-12-,36-18-,63-59+. The van der Waals surface area contributed by atoms with Crippen LogP contribution in [0.15, 0.2) is 36.5 Å². The van der Waals surface area contributed by atoms with Crippen LogP contribution in [0.5, 0.6) is 0 Å². The van der Waals surface area contributed by atoms with Crippen LogP contribution in [0.3, 0.4) is 0 Å². The molecule has 3 N–H and O–H groups in total. The van der Waals surface area contributed by atoms with Crippen molar-refractivity contribution in [1.29, 1.82) is 0 Å². The molecule has 0 aliphatic carbocycles. The van der Waals surface area contributed by atoms with Crippen molar-refractivity contribution >= 4 is 11.9 Å². The zero-order valence-corrected chi connectivity index (χ0v) is 52.0.